The number of fused-ring (bicyclic) bond motifs is 1. The molecule has 5 aromatic rings. The van der Waals surface area contributed by atoms with Crippen LogP contribution in [0.15, 0.2) is 70.3 Å². The first kappa shape index (κ1) is 24.6. The third kappa shape index (κ3) is 5.36. The largest absolute Gasteiger partial charge is 0.467 e. The Balaban J connectivity index is 1.57. The number of hydrogen-bond donors (Lipinski definition) is 1. The summed E-state index contributed by atoms with van der Waals surface area (Å²) in [7, 11) is 0. The summed E-state index contributed by atoms with van der Waals surface area (Å²) in [5.41, 5.74) is 4.75. The van der Waals surface area contributed by atoms with Crippen LogP contribution in [0.2, 0.25) is 0 Å². The van der Waals surface area contributed by atoms with Gasteiger partial charge in [-0.05, 0) is 77.2 Å². The highest BCUT2D eigenvalue weighted by Gasteiger charge is 2.30. The average Bonchev–Trinajstić information content (AvgIpc) is 3.53. The van der Waals surface area contributed by atoms with E-state index in [4.69, 9.17) is 4.42 Å². The number of aromatic amines is 1. The van der Waals surface area contributed by atoms with E-state index in [1.165, 1.54) is 0 Å². The van der Waals surface area contributed by atoms with Crippen molar-refractivity contribution in [2.75, 3.05) is 0 Å². The van der Waals surface area contributed by atoms with Crippen molar-refractivity contribution in [3.8, 4) is 0 Å². The summed E-state index contributed by atoms with van der Waals surface area (Å²) in [6.07, 6.45) is 5.26. The van der Waals surface area contributed by atoms with E-state index in [1.807, 2.05) is 49.5 Å². The van der Waals surface area contributed by atoms with Crippen LogP contribution in [0.1, 0.15) is 53.7 Å². The predicted octanol–water partition coefficient (Wildman–Crippen LogP) is 4.57. The number of rotatable bonds is 9. The second kappa shape index (κ2) is 10.5. The van der Waals surface area contributed by atoms with E-state index < -0.39 is 0 Å². The molecular formula is C28H31N7O2. The number of benzene rings is 1. The maximum absolute atomic E-state index is 13.2. The van der Waals surface area contributed by atoms with Crippen molar-refractivity contribution >= 4 is 10.9 Å². The lowest BCUT2D eigenvalue weighted by atomic mass is 9.99. The van der Waals surface area contributed by atoms with Gasteiger partial charge in [0, 0.05) is 41.9 Å². The molecule has 9 nitrogen and oxygen atoms in total. The standard InChI is InChI=1S/C28H31N7O2/c1-18(2)26(27-31-32-33-35(27)17-23-8-6-10-37-23)34(15-21-7-5-9-29-14-21)16-22-13-24-20(4)11-19(3)12-25(24)30-28(22)36/h5-14,18,26H,15-17H2,1-4H3,(H,30,36). The van der Waals surface area contributed by atoms with Crippen molar-refractivity contribution in [2.45, 2.75) is 53.4 Å². The van der Waals surface area contributed by atoms with E-state index in [-0.39, 0.29) is 17.5 Å². The van der Waals surface area contributed by atoms with Crippen LogP contribution in [-0.2, 0) is 19.6 Å². The molecular weight excluding hydrogens is 466 g/mol. The summed E-state index contributed by atoms with van der Waals surface area (Å²) in [6, 6.07) is 13.7. The smallest absolute Gasteiger partial charge is 0.252 e. The number of furan rings is 1. The van der Waals surface area contributed by atoms with E-state index in [0.717, 1.165) is 39.2 Å². The fourth-order valence-corrected chi connectivity index (χ4v) is 5.00. The van der Waals surface area contributed by atoms with Crippen molar-refractivity contribution in [1.82, 2.24) is 35.1 Å². The van der Waals surface area contributed by atoms with Crippen LogP contribution < -0.4 is 5.56 Å². The van der Waals surface area contributed by atoms with E-state index in [9.17, 15) is 4.79 Å². The van der Waals surface area contributed by atoms with E-state index in [1.54, 1.807) is 17.1 Å². The number of aromatic nitrogens is 6. The zero-order valence-corrected chi connectivity index (χ0v) is 21.5. The van der Waals surface area contributed by atoms with Crippen LogP contribution in [0.5, 0.6) is 0 Å². The van der Waals surface area contributed by atoms with Gasteiger partial charge in [-0.2, -0.15) is 0 Å². The molecule has 1 atom stereocenters. The first-order valence-corrected chi connectivity index (χ1v) is 12.4. The van der Waals surface area contributed by atoms with Crippen molar-refractivity contribution in [2.24, 2.45) is 5.92 Å². The SMILES string of the molecule is Cc1cc(C)c2cc(CN(Cc3cccnc3)C(c3nnnn3Cc3ccco3)C(C)C)c(=O)[nH]c2c1. The number of H-pyrrole nitrogens is 1. The van der Waals surface area contributed by atoms with Gasteiger partial charge in [-0.25, -0.2) is 4.68 Å². The van der Waals surface area contributed by atoms with Gasteiger partial charge in [-0.1, -0.05) is 26.0 Å². The molecule has 1 unspecified atom stereocenters. The van der Waals surface area contributed by atoms with Crippen molar-refractivity contribution in [3.05, 3.63) is 105 Å². The summed E-state index contributed by atoms with van der Waals surface area (Å²) in [4.78, 5) is 22.9. The molecule has 0 radical (unpaired) electrons. The van der Waals surface area contributed by atoms with Crippen molar-refractivity contribution < 1.29 is 4.42 Å². The molecule has 0 fully saturated rings. The molecule has 0 aliphatic heterocycles. The Hall–Kier alpha value is -4.11. The molecule has 4 aromatic heterocycles. The Kier molecular flexibility index (Phi) is 6.96. The van der Waals surface area contributed by atoms with E-state index in [0.29, 0.717) is 25.2 Å². The van der Waals surface area contributed by atoms with Crippen LogP contribution in [0, 0.1) is 19.8 Å². The summed E-state index contributed by atoms with van der Waals surface area (Å²) in [6.45, 7) is 9.82. The first-order chi connectivity index (χ1) is 17.9. The fraction of sp³-hybridized carbons (Fsp3) is 0.321. The van der Waals surface area contributed by atoms with Gasteiger partial charge in [0.15, 0.2) is 5.82 Å². The fourth-order valence-electron chi connectivity index (χ4n) is 5.00. The molecule has 9 heteroatoms. The normalized spacial score (nSPS) is 12.6. The van der Waals surface area contributed by atoms with Gasteiger partial charge in [-0.3, -0.25) is 14.7 Å². The molecule has 0 spiro atoms. The lowest BCUT2D eigenvalue weighted by molar-refractivity contribution is 0.125. The molecule has 37 heavy (non-hydrogen) atoms. The number of hydrogen-bond acceptors (Lipinski definition) is 7. The Morgan fingerprint density at radius 3 is 2.70 bits per heavy atom. The van der Waals surface area contributed by atoms with Crippen LogP contribution in [0.25, 0.3) is 10.9 Å². The maximum Gasteiger partial charge on any atom is 0.252 e. The molecule has 1 N–H and O–H groups in total. The highest BCUT2D eigenvalue weighted by molar-refractivity contribution is 5.83. The maximum atomic E-state index is 13.2. The number of nitrogens with one attached hydrogen (secondary N) is 1. The predicted molar refractivity (Wildman–Crippen MR) is 141 cm³/mol. The Bertz CT molecular complexity index is 1540. The van der Waals surface area contributed by atoms with Gasteiger partial charge < -0.3 is 9.40 Å². The zero-order chi connectivity index (χ0) is 25.9. The first-order valence-electron chi connectivity index (χ1n) is 12.4. The summed E-state index contributed by atoms with van der Waals surface area (Å²) < 4.78 is 7.32. The van der Waals surface area contributed by atoms with Crippen LogP contribution in [0.4, 0.5) is 0 Å². The number of aryl methyl sites for hydroxylation is 2. The van der Waals surface area contributed by atoms with Gasteiger partial charge in [0.1, 0.15) is 12.3 Å². The Labute approximate surface area is 215 Å². The third-order valence-corrected chi connectivity index (χ3v) is 6.61. The molecule has 190 valence electrons. The molecule has 5 rings (SSSR count). The molecule has 4 heterocycles. The van der Waals surface area contributed by atoms with Gasteiger partial charge in [0.25, 0.3) is 5.56 Å². The van der Waals surface area contributed by atoms with Crippen LogP contribution in [-0.4, -0.2) is 35.1 Å². The van der Waals surface area contributed by atoms with E-state index in [2.05, 4.69) is 57.2 Å². The molecule has 1 aromatic carbocycles. The lowest BCUT2D eigenvalue weighted by Crippen LogP contribution is -2.35. The van der Waals surface area contributed by atoms with Crippen LogP contribution in [0.3, 0.4) is 0 Å². The minimum absolute atomic E-state index is 0.0913. The molecule has 0 aliphatic carbocycles. The third-order valence-electron chi connectivity index (χ3n) is 6.61. The number of nitrogens with zero attached hydrogens (tertiary/aromatic N) is 6. The molecule has 0 saturated heterocycles. The molecule has 0 saturated carbocycles. The summed E-state index contributed by atoms with van der Waals surface area (Å²) in [5, 5.41) is 13.7. The second-order valence-electron chi connectivity index (χ2n) is 9.90. The van der Waals surface area contributed by atoms with Crippen molar-refractivity contribution in [3.63, 3.8) is 0 Å². The molecule has 0 aliphatic rings. The lowest BCUT2D eigenvalue weighted by Gasteiger charge is -2.33. The minimum Gasteiger partial charge on any atom is -0.467 e. The monoisotopic (exact) mass is 497 g/mol. The highest BCUT2D eigenvalue weighted by Crippen LogP contribution is 2.30. The van der Waals surface area contributed by atoms with Crippen LogP contribution >= 0.6 is 0 Å². The Morgan fingerprint density at radius 1 is 1.11 bits per heavy atom. The van der Waals surface area contributed by atoms with E-state index >= 15 is 0 Å². The minimum atomic E-state index is -0.167. The summed E-state index contributed by atoms with van der Waals surface area (Å²) in [5.74, 6) is 1.65. The van der Waals surface area contributed by atoms with Gasteiger partial charge >= 0.3 is 0 Å². The molecule has 0 bridgehead atoms. The Morgan fingerprint density at radius 2 is 1.97 bits per heavy atom. The quantitative estimate of drug-likeness (QED) is 0.318. The summed E-state index contributed by atoms with van der Waals surface area (Å²) >= 11 is 0. The highest BCUT2D eigenvalue weighted by atomic mass is 16.3. The second-order valence-corrected chi connectivity index (χ2v) is 9.90. The number of tetrazole rings is 1. The topological polar surface area (TPSA) is 106 Å². The van der Waals surface area contributed by atoms with Crippen molar-refractivity contribution in [1.29, 1.82) is 0 Å². The van der Waals surface area contributed by atoms with Gasteiger partial charge in [0.2, 0.25) is 0 Å². The average molecular weight is 498 g/mol. The zero-order valence-electron chi connectivity index (χ0n) is 21.5. The van der Waals surface area contributed by atoms with Gasteiger partial charge in [-0.15, -0.1) is 5.10 Å². The van der Waals surface area contributed by atoms with Gasteiger partial charge in [0.05, 0.1) is 12.3 Å². The molecule has 0 amide bonds. The number of pyridine rings is 2.